The van der Waals surface area contributed by atoms with Gasteiger partial charge in [0, 0.05) is 6.92 Å². The van der Waals surface area contributed by atoms with Gasteiger partial charge in [-0.05, 0) is 0 Å². The van der Waals surface area contributed by atoms with E-state index in [2.05, 4.69) is 9.84 Å². The molecule has 21 heavy (non-hydrogen) atoms. The summed E-state index contributed by atoms with van der Waals surface area (Å²) in [6, 6.07) is -1.35. The minimum atomic E-state index is -5.45. The smallest absolute Gasteiger partial charge is 0.790 e. The number of amides is 1. The Labute approximate surface area is 165 Å². The third-order valence-corrected chi connectivity index (χ3v) is 2.95. The van der Waals surface area contributed by atoms with Crippen LogP contribution in [-0.4, -0.2) is 58.5 Å². The third-order valence-electron chi connectivity index (χ3n) is 2.49. The van der Waals surface area contributed by atoms with E-state index in [1.807, 2.05) is 0 Å². The van der Waals surface area contributed by atoms with Gasteiger partial charge in [0.15, 0.2) is 6.29 Å². The molecule has 112 valence electrons. The Balaban J connectivity index is 0. The van der Waals surface area contributed by atoms with Crippen molar-refractivity contribution in [2.45, 2.75) is 37.6 Å². The summed E-state index contributed by atoms with van der Waals surface area (Å²) in [5.74, 6) is -0.618. The molecule has 0 aromatic rings. The van der Waals surface area contributed by atoms with E-state index in [0.29, 0.717) is 0 Å². The first-order valence-corrected chi connectivity index (χ1v) is 6.72. The number of aliphatic hydroxyl groups excluding tert-OH is 3. The minimum Gasteiger partial charge on any atom is -0.790 e. The molecule has 4 N–H and O–H groups in total. The van der Waals surface area contributed by atoms with E-state index >= 15 is 0 Å². The summed E-state index contributed by atoms with van der Waals surface area (Å²) in [7, 11) is -5.45. The molecule has 0 bridgehead atoms. The number of hydrogen-bond acceptors (Lipinski definition) is 9. The molecule has 10 nitrogen and oxygen atoms in total. The van der Waals surface area contributed by atoms with Gasteiger partial charge < -0.3 is 44.2 Å². The maximum Gasteiger partial charge on any atom is 1.00 e. The number of ether oxygens (including phenoxy) is 1. The molecule has 1 heterocycles. The van der Waals surface area contributed by atoms with Crippen LogP contribution in [0.3, 0.4) is 0 Å². The van der Waals surface area contributed by atoms with E-state index in [1.54, 1.807) is 0 Å². The molecule has 0 aliphatic carbocycles. The number of hydrogen-bond donors (Lipinski definition) is 4. The van der Waals surface area contributed by atoms with Gasteiger partial charge in [-0.2, -0.15) is 0 Å². The topological polar surface area (TPSA) is 171 Å². The first-order chi connectivity index (χ1) is 8.65. The van der Waals surface area contributed by atoms with Crippen molar-refractivity contribution < 1.29 is 103 Å². The maximum absolute atomic E-state index is 10.9. The van der Waals surface area contributed by atoms with Crippen LogP contribution in [0.25, 0.3) is 0 Å². The molecule has 13 heteroatoms. The summed E-state index contributed by atoms with van der Waals surface area (Å²) < 4.78 is 19.2. The number of aliphatic hydroxyl groups is 3. The maximum atomic E-state index is 10.9. The van der Waals surface area contributed by atoms with E-state index in [-0.39, 0.29) is 59.1 Å². The van der Waals surface area contributed by atoms with Crippen molar-refractivity contribution in [2.75, 3.05) is 6.61 Å². The van der Waals surface area contributed by atoms with Gasteiger partial charge in [-0.3, -0.25) is 4.79 Å². The van der Waals surface area contributed by atoms with E-state index in [0.717, 1.165) is 6.92 Å². The van der Waals surface area contributed by atoms with Crippen molar-refractivity contribution in [1.82, 2.24) is 5.32 Å². The summed E-state index contributed by atoms with van der Waals surface area (Å²) in [6.45, 7) is 0.372. The van der Waals surface area contributed by atoms with E-state index < -0.39 is 51.0 Å². The molecule has 0 saturated carbocycles. The number of nitrogens with one attached hydrogen (secondary N) is 1. The quantitative estimate of drug-likeness (QED) is 0.285. The summed E-state index contributed by atoms with van der Waals surface area (Å²) in [6.07, 6.45) is -6.53. The standard InChI is InChI=1S/C8H16NO9P.2Na/c1-3(11)9-5-6(12)4(2-10)17-8(7(5)13)18-19(14,15)16;;/h4-8,10,12-13H,2H2,1H3,(H,9,11)(H2,14,15,16);;/q;2*+1/p-2/t4-,5+,6-,7-,8-;;/m1../s1. The van der Waals surface area contributed by atoms with Crippen LogP contribution in [0, 0.1) is 0 Å². The fourth-order valence-electron chi connectivity index (χ4n) is 1.71. The van der Waals surface area contributed by atoms with Crippen LogP contribution in [0.5, 0.6) is 0 Å². The van der Waals surface area contributed by atoms with Crippen molar-refractivity contribution in [2.24, 2.45) is 0 Å². The van der Waals surface area contributed by atoms with Crippen LogP contribution in [-0.2, 0) is 18.6 Å². The molecular weight excluding hydrogens is 331 g/mol. The van der Waals surface area contributed by atoms with Gasteiger partial charge in [0.1, 0.15) is 18.3 Å². The van der Waals surface area contributed by atoms with Crippen molar-refractivity contribution in [3.8, 4) is 0 Å². The summed E-state index contributed by atoms with van der Waals surface area (Å²) >= 11 is 0. The Morgan fingerprint density at radius 2 is 1.86 bits per heavy atom. The van der Waals surface area contributed by atoms with E-state index in [4.69, 9.17) is 9.84 Å². The van der Waals surface area contributed by atoms with Gasteiger partial charge in [0.05, 0.1) is 20.5 Å². The average Bonchev–Trinajstić information content (AvgIpc) is 2.26. The molecule has 0 spiro atoms. The molecule has 0 radical (unpaired) electrons. The van der Waals surface area contributed by atoms with Crippen molar-refractivity contribution in [1.29, 1.82) is 0 Å². The predicted octanol–water partition coefficient (Wildman–Crippen LogP) is -10.2. The van der Waals surface area contributed by atoms with Crippen LogP contribution in [0.15, 0.2) is 0 Å². The van der Waals surface area contributed by atoms with Crippen LogP contribution in [0.1, 0.15) is 6.92 Å². The molecule has 0 aromatic carbocycles. The molecule has 5 atom stereocenters. The zero-order chi connectivity index (χ0) is 14.8. The molecule has 0 unspecified atom stereocenters. The molecule has 1 amide bonds. The molecule has 1 rings (SSSR count). The van der Waals surface area contributed by atoms with Crippen LogP contribution >= 0.6 is 7.82 Å². The van der Waals surface area contributed by atoms with Crippen molar-refractivity contribution in [3.63, 3.8) is 0 Å². The normalized spacial score (nSPS) is 32.6. The fourth-order valence-corrected chi connectivity index (χ4v) is 2.14. The Bertz CT molecular complexity index is 381. The minimum absolute atomic E-state index is 0. The van der Waals surface area contributed by atoms with Gasteiger partial charge in [0.25, 0.3) is 0 Å². The second-order valence-electron chi connectivity index (χ2n) is 3.99. The zero-order valence-corrected chi connectivity index (χ0v) is 16.7. The number of rotatable bonds is 4. The van der Waals surface area contributed by atoms with Crippen LogP contribution < -0.4 is 74.2 Å². The fraction of sp³-hybridized carbons (Fsp3) is 0.875. The second kappa shape index (κ2) is 10.3. The Kier molecular flexibility index (Phi) is 12.1. The number of carbonyl (C=O) groups excluding carboxylic acids is 1. The van der Waals surface area contributed by atoms with E-state index in [1.165, 1.54) is 0 Å². The van der Waals surface area contributed by atoms with Crippen molar-refractivity contribution >= 4 is 13.7 Å². The summed E-state index contributed by atoms with van der Waals surface area (Å²) in [5, 5.41) is 30.6. The summed E-state index contributed by atoms with van der Waals surface area (Å²) in [5.41, 5.74) is 0. The Morgan fingerprint density at radius 3 is 2.24 bits per heavy atom. The number of carbonyl (C=O) groups is 1. The first kappa shape index (κ1) is 24.7. The predicted molar refractivity (Wildman–Crippen MR) is 54.1 cm³/mol. The summed E-state index contributed by atoms with van der Waals surface area (Å²) in [4.78, 5) is 31.9. The van der Waals surface area contributed by atoms with Gasteiger partial charge in [-0.1, -0.05) is 0 Å². The molecule has 1 aliphatic heterocycles. The molecule has 1 aliphatic rings. The molecule has 1 fully saturated rings. The molecular formula is C8H14NNa2O9P. The number of phosphoric ester groups is 1. The van der Waals surface area contributed by atoms with E-state index in [9.17, 15) is 29.4 Å². The molecule has 1 saturated heterocycles. The first-order valence-electron chi connectivity index (χ1n) is 5.25. The largest absolute Gasteiger partial charge is 1.00 e. The average molecular weight is 345 g/mol. The SMILES string of the molecule is CC(=O)N[C@@H]1[C@@H](O)[C@@H](OP(=O)([O-])[O-])O[C@H](CO)[C@H]1O.[Na+].[Na+]. The Hall–Kier alpha value is 1.42. The Morgan fingerprint density at radius 1 is 1.33 bits per heavy atom. The van der Waals surface area contributed by atoms with Crippen molar-refractivity contribution in [3.05, 3.63) is 0 Å². The third kappa shape index (κ3) is 7.69. The van der Waals surface area contributed by atoms with Crippen LogP contribution in [0.2, 0.25) is 0 Å². The van der Waals surface area contributed by atoms with Gasteiger partial charge >= 0.3 is 59.1 Å². The van der Waals surface area contributed by atoms with Crippen LogP contribution in [0.4, 0.5) is 0 Å². The monoisotopic (exact) mass is 345 g/mol. The second-order valence-corrected chi connectivity index (χ2v) is 5.09. The zero-order valence-electron chi connectivity index (χ0n) is 11.8. The van der Waals surface area contributed by atoms with Gasteiger partial charge in [0.2, 0.25) is 5.91 Å². The van der Waals surface area contributed by atoms with Gasteiger partial charge in [-0.25, -0.2) is 0 Å². The number of phosphoric acid groups is 1. The molecule has 0 aromatic heterocycles. The van der Waals surface area contributed by atoms with Gasteiger partial charge in [-0.15, -0.1) is 0 Å².